The van der Waals surface area contributed by atoms with Crippen LogP contribution < -0.4 is 16.4 Å². The fourth-order valence-electron chi connectivity index (χ4n) is 0.655. The zero-order chi connectivity index (χ0) is 10.3. The third kappa shape index (κ3) is 6.10. The highest BCUT2D eigenvalue weighted by Gasteiger charge is 2.07. The molecule has 0 aliphatic rings. The van der Waals surface area contributed by atoms with Gasteiger partial charge in [0.2, 0.25) is 11.8 Å². The summed E-state index contributed by atoms with van der Waals surface area (Å²) >= 11 is 0. The minimum Gasteiger partial charge on any atom is -0.355 e. The number of rotatable bonds is 5. The van der Waals surface area contributed by atoms with Gasteiger partial charge in [-0.05, 0) is 13.3 Å². The van der Waals surface area contributed by atoms with E-state index in [4.69, 9.17) is 5.73 Å². The van der Waals surface area contributed by atoms with Gasteiger partial charge in [0.1, 0.15) is 0 Å². The lowest BCUT2D eigenvalue weighted by Gasteiger charge is -2.07. The van der Waals surface area contributed by atoms with Crippen molar-refractivity contribution >= 4 is 11.8 Å². The summed E-state index contributed by atoms with van der Waals surface area (Å²) in [7, 11) is 0. The first-order valence-electron chi connectivity index (χ1n) is 4.38. The van der Waals surface area contributed by atoms with Gasteiger partial charge in [-0.2, -0.15) is 0 Å². The van der Waals surface area contributed by atoms with Crippen LogP contribution in [0.25, 0.3) is 0 Å². The van der Waals surface area contributed by atoms with Gasteiger partial charge >= 0.3 is 0 Å². The van der Waals surface area contributed by atoms with Crippen molar-refractivity contribution in [1.29, 1.82) is 0 Å². The molecule has 0 spiro atoms. The van der Waals surface area contributed by atoms with Gasteiger partial charge < -0.3 is 16.4 Å². The largest absolute Gasteiger partial charge is 0.355 e. The molecule has 0 saturated heterocycles. The highest BCUT2D eigenvalue weighted by atomic mass is 16.2. The first-order chi connectivity index (χ1) is 6.07. The Labute approximate surface area is 78.1 Å². The molecule has 1 atom stereocenters. The van der Waals surface area contributed by atoms with Gasteiger partial charge in [-0.3, -0.25) is 9.59 Å². The van der Waals surface area contributed by atoms with E-state index in [2.05, 4.69) is 10.6 Å². The molecule has 4 N–H and O–H groups in total. The van der Waals surface area contributed by atoms with E-state index in [1.54, 1.807) is 6.92 Å². The Bertz CT molecular complexity index is 180. The van der Waals surface area contributed by atoms with E-state index in [0.29, 0.717) is 6.54 Å². The van der Waals surface area contributed by atoms with Gasteiger partial charge in [-0.1, -0.05) is 6.92 Å². The maximum Gasteiger partial charge on any atom is 0.239 e. The van der Waals surface area contributed by atoms with Crippen LogP contribution in [0, 0.1) is 0 Å². The van der Waals surface area contributed by atoms with E-state index in [1.807, 2.05) is 6.92 Å². The fourth-order valence-corrected chi connectivity index (χ4v) is 0.655. The number of carbonyl (C=O) groups is 2. The predicted octanol–water partition coefficient (Wildman–Crippen LogP) is -1.02. The van der Waals surface area contributed by atoms with Crippen molar-refractivity contribution in [1.82, 2.24) is 10.6 Å². The molecule has 0 fully saturated rings. The van der Waals surface area contributed by atoms with Crippen LogP contribution in [-0.4, -0.2) is 30.9 Å². The SMILES string of the molecule is CCCNC(=O)CNC(=O)C(C)N. The van der Waals surface area contributed by atoms with Crippen LogP contribution in [0.5, 0.6) is 0 Å². The second-order valence-electron chi connectivity index (χ2n) is 2.86. The lowest BCUT2D eigenvalue weighted by molar-refractivity contribution is -0.126. The van der Waals surface area contributed by atoms with Gasteiger partial charge in [0.05, 0.1) is 12.6 Å². The van der Waals surface area contributed by atoms with Crippen LogP contribution in [0.15, 0.2) is 0 Å². The summed E-state index contributed by atoms with van der Waals surface area (Å²) in [5.41, 5.74) is 5.28. The molecule has 0 saturated carbocycles. The third-order valence-electron chi connectivity index (χ3n) is 1.41. The maximum atomic E-state index is 11.0. The van der Waals surface area contributed by atoms with Crippen LogP contribution in [0.3, 0.4) is 0 Å². The summed E-state index contributed by atoms with van der Waals surface area (Å²) in [4.78, 5) is 21.9. The first-order valence-corrected chi connectivity index (χ1v) is 4.38. The van der Waals surface area contributed by atoms with Crippen molar-refractivity contribution in [3.05, 3.63) is 0 Å². The standard InChI is InChI=1S/C8H17N3O2/c1-3-4-10-7(12)5-11-8(13)6(2)9/h6H,3-5,9H2,1-2H3,(H,10,12)(H,11,13). The van der Waals surface area contributed by atoms with E-state index < -0.39 is 6.04 Å². The minimum absolute atomic E-state index is 0.000370. The van der Waals surface area contributed by atoms with E-state index in [9.17, 15) is 9.59 Å². The second kappa shape index (κ2) is 6.42. The monoisotopic (exact) mass is 187 g/mol. The zero-order valence-electron chi connectivity index (χ0n) is 8.09. The molecule has 0 radical (unpaired) electrons. The summed E-state index contributed by atoms with van der Waals surface area (Å²) in [6.45, 7) is 4.16. The van der Waals surface area contributed by atoms with Crippen LogP contribution in [0.4, 0.5) is 0 Å². The molecule has 0 heterocycles. The van der Waals surface area contributed by atoms with Gasteiger partial charge in [0, 0.05) is 6.54 Å². The molecule has 13 heavy (non-hydrogen) atoms. The van der Waals surface area contributed by atoms with Gasteiger partial charge in [0.25, 0.3) is 0 Å². The van der Waals surface area contributed by atoms with Crippen molar-refractivity contribution in [2.45, 2.75) is 26.3 Å². The van der Waals surface area contributed by atoms with Crippen molar-refractivity contribution in [2.75, 3.05) is 13.1 Å². The second-order valence-corrected chi connectivity index (χ2v) is 2.86. The Hall–Kier alpha value is -1.10. The Balaban J connectivity index is 3.52. The molecule has 0 aromatic heterocycles. The van der Waals surface area contributed by atoms with Crippen molar-refractivity contribution in [3.8, 4) is 0 Å². The number of nitrogens with one attached hydrogen (secondary N) is 2. The van der Waals surface area contributed by atoms with E-state index in [1.165, 1.54) is 0 Å². The van der Waals surface area contributed by atoms with Gasteiger partial charge in [-0.15, -0.1) is 0 Å². The number of nitrogens with two attached hydrogens (primary N) is 1. The average molecular weight is 187 g/mol. The molecule has 1 unspecified atom stereocenters. The zero-order valence-corrected chi connectivity index (χ0v) is 8.09. The Morgan fingerprint density at radius 3 is 2.46 bits per heavy atom. The van der Waals surface area contributed by atoms with E-state index >= 15 is 0 Å². The summed E-state index contributed by atoms with van der Waals surface area (Å²) in [6.07, 6.45) is 0.882. The Morgan fingerprint density at radius 2 is 2.00 bits per heavy atom. The molecule has 5 heteroatoms. The van der Waals surface area contributed by atoms with E-state index in [-0.39, 0.29) is 18.4 Å². The van der Waals surface area contributed by atoms with Gasteiger partial charge in [0.15, 0.2) is 0 Å². The summed E-state index contributed by atoms with van der Waals surface area (Å²) in [5, 5.41) is 5.05. The lowest BCUT2D eigenvalue weighted by Crippen LogP contribution is -2.43. The Morgan fingerprint density at radius 1 is 1.38 bits per heavy atom. The fraction of sp³-hybridized carbons (Fsp3) is 0.750. The maximum absolute atomic E-state index is 11.0. The summed E-state index contributed by atoms with van der Waals surface area (Å²) < 4.78 is 0. The molecule has 0 aliphatic heterocycles. The number of hydrogen-bond donors (Lipinski definition) is 3. The molecule has 2 amide bonds. The van der Waals surface area contributed by atoms with Crippen LogP contribution in [-0.2, 0) is 9.59 Å². The number of hydrogen-bond acceptors (Lipinski definition) is 3. The first kappa shape index (κ1) is 11.9. The smallest absolute Gasteiger partial charge is 0.239 e. The molecule has 76 valence electrons. The molecule has 5 nitrogen and oxygen atoms in total. The highest BCUT2D eigenvalue weighted by Crippen LogP contribution is 1.75. The molecular weight excluding hydrogens is 170 g/mol. The molecule has 0 aromatic rings. The van der Waals surface area contributed by atoms with Crippen molar-refractivity contribution < 1.29 is 9.59 Å². The lowest BCUT2D eigenvalue weighted by atomic mass is 10.3. The molecular formula is C8H17N3O2. The average Bonchev–Trinajstić information content (AvgIpc) is 2.10. The number of carbonyl (C=O) groups excluding carboxylic acids is 2. The summed E-state index contributed by atoms with van der Waals surface area (Å²) in [5.74, 6) is -0.498. The molecule has 0 aromatic carbocycles. The molecule has 0 bridgehead atoms. The van der Waals surface area contributed by atoms with E-state index in [0.717, 1.165) is 6.42 Å². The Kier molecular flexibility index (Phi) is 5.88. The number of amides is 2. The van der Waals surface area contributed by atoms with Gasteiger partial charge in [-0.25, -0.2) is 0 Å². The molecule has 0 aliphatic carbocycles. The third-order valence-corrected chi connectivity index (χ3v) is 1.41. The predicted molar refractivity (Wildman–Crippen MR) is 50.0 cm³/mol. The van der Waals surface area contributed by atoms with Crippen LogP contribution in [0.2, 0.25) is 0 Å². The molecule has 0 rings (SSSR count). The van der Waals surface area contributed by atoms with Crippen molar-refractivity contribution in [3.63, 3.8) is 0 Å². The summed E-state index contributed by atoms with van der Waals surface area (Å²) in [6, 6.07) is -0.570. The highest BCUT2D eigenvalue weighted by molar-refractivity contribution is 5.86. The normalized spacial score (nSPS) is 11.9. The van der Waals surface area contributed by atoms with Crippen molar-refractivity contribution in [2.24, 2.45) is 5.73 Å². The minimum atomic E-state index is -0.570. The van der Waals surface area contributed by atoms with Crippen LogP contribution >= 0.6 is 0 Å². The topological polar surface area (TPSA) is 84.2 Å². The quantitative estimate of drug-likeness (QED) is 0.515. The van der Waals surface area contributed by atoms with Crippen LogP contribution in [0.1, 0.15) is 20.3 Å².